The number of hydrogen-bond donors (Lipinski definition) is 1. The van der Waals surface area contributed by atoms with E-state index in [2.05, 4.69) is 243 Å². The van der Waals surface area contributed by atoms with Crippen molar-refractivity contribution in [2.45, 2.75) is 92.9 Å². The molecule has 0 unspecified atom stereocenters. The van der Waals surface area contributed by atoms with Gasteiger partial charge in [0, 0.05) is 47.2 Å². The Morgan fingerprint density at radius 3 is 0.970 bits per heavy atom. The van der Waals surface area contributed by atoms with Crippen molar-refractivity contribution in [3.8, 4) is 22.3 Å². The first-order valence-electron chi connectivity index (χ1n) is 25.0. The molecule has 67 heavy (non-hydrogen) atoms. The van der Waals surface area contributed by atoms with Gasteiger partial charge in [-0.3, -0.25) is 0 Å². The molecule has 3 heteroatoms. The van der Waals surface area contributed by atoms with Gasteiger partial charge in [-0.1, -0.05) is 219 Å². The maximum absolute atomic E-state index is 3.42. The van der Waals surface area contributed by atoms with Crippen LogP contribution in [0, 0.1) is 0 Å². The van der Waals surface area contributed by atoms with Crippen molar-refractivity contribution in [2.24, 2.45) is 0 Å². The molecule has 0 bridgehead atoms. The first-order chi connectivity index (χ1) is 33.1. The maximum atomic E-state index is 3.42. The van der Waals surface area contributed by atoms with Crippen molar-refractivity contribution in [1.82, 2.24) is 0 Å². The molecular formula is C64H75N3. The second kappa shape index (κ2) is 29.6. The molecule has 0 spiro atoms. The fraction of sp³-hybridized carbons (Fsp3) is 0.250. The normalized spacial score (nSPS) is 10.2. The smallest absolute Gasteiger partial charge is 0.0411 e. The lowest BCUT2D eigenvalue weighted by atomic mass is 10.0. The number of unbranched alkanes of at least 4 members (excludes halogenated alkanes) is 4. The van der Waals surface area contributed by atoms with Gasteiger partial charge in [-0.15, -0.1) is 0 Å². The monoisotopic (exact) mass is 886 g/mol. The second-order valence-electron chi connectivity index (χ2n) is 16.6. The lowest BCUT2D eigenvalue weighted by molar-refractivity contribution is 0.772. The average Bonchev–Trinajstić information content (AvgIpc) is 3.40. The molecule has 8 aromatic rings. The van der Waals surface area contributed by atoms with Crippen LogP contribution in [0.1, 0.15) is 97.6 Å². The van der Waals surface area contributed by atoms with Gasteiger partial charge < -0.3 is 15.1 Å². The fourth-order valence-corrected chi connectivity index (χ4v) is 7.76. The number of benzene rings is 8. The van der Waals surface area contributed by atoms with Gasteiger partial charge in [0.25, 0.3) is 0 Å². The Morgan fingerprint density at radius 1 is 0.299 bits per heavy atom. The molecule has 0 radical (unpaired) electrons. The van der Waals surface area contributed by atoms with E-state index in [1.807, 2.05) is 32.0 Å². The highest BCUT2D eigenvalue weighted by Gasteiger charge is 2.11. The summed E-state index contributed by atoms with van der Waals surface area (Å²) in [5, 5.41) is 3.42. The van der Waals surface area contributed by atoms with Gasteiger partial charge in [0.15, 0.2) is 0 Å². The molecule has 346 valence electrons. The number of para-hydroxylation sites is 3. The Hall–Kier alpha value is -6.84. The Balaban J connectivity index is 0.000000226. The standard InChI is InChI=1S/C32H36N2.C25H21N.C5H12.C2H6/c1-3-5-25-33(29-13-9-7-10-14-29)31-21-17-27(18-22-31)28-19-23-32(24-20-28)34(26-6-4-2)30-15-11-8-12-16-30;1-3-7-20(8-4-1)19-21-11-13-22(14-12-21)23-15-17-25(18-16-23)26-24-9-5-2-6-10-24;1-3-5-4-2;1-2/h7-24H,3-6,25-26H2,1-2H3;1-18,26H,19H2;3-5H2,1-2H3;1-2H3. The molecular weight excluding hydrogens is 811 g/mol. The largest absolute Gasteiger partial charge is 0.356 e. The van der Waals surface area contributed by atoms with Crippen molar-refractivity contribution >= 4 is 34.1 Å². The quantitative estimate of drug-likeness (QED) is 0.0926. The third-order valence-electron chi connectivity index (χ3n) is 11.5. The Kier molecular flexibility index (Phi) is 22.6. The SMILES string of the molecule is CC.CCCCC.CCCCN(c1ccccc1)c1ccc(-c2ccc(N(CCCC)c3ccccc3)cc2)cc1.c1ccc(Cc2ccc(-c3ccc(Nc4ccccc4)cc3)cc2)cc1. The minimum Gasteiger partial charge on any atom is -0.356 e. The maximum Gasteiger partial charge on any atom is 0.0411 e. The molecule has 1 N–H and O–H groups in total. The van der Waals surface area contributed by atoms with Gasteiger partial charge in [0.2, 0.25) is 0 Å². The summed E-state index contributed by atoms with van der Waals surface area (Å²) in [6.07, 6.45) is 9.77. The summed E-state index contributed by atoms with van der Waals surface area (Å²) >= 11 is 0. The summed E-state index contributed by atoms with van der Waals surface area (Å²) in [7, 11) is 0. The molecule has 0 aliphatic rings. The molecule has 0 saturated heterocycles. The number of rotatable bonds is 18. The van der Waals surface area contributed by atoms with Crippen LogP contribution in [0.15, 0.2) is 218 Å². The van der Waals surface area contributed by atoms with Crippen LogP contribution in [0.25, 0.3) is 22.3 Å². The predicted molar refractivity (Wildman–Crippen MR) is 296 cm³/mol. The molecule has 0 atom stereocenters. The molecule has 0 fully saturated rings. The van der Waals surface area contributed by atoms with E-state index in [9.17, 15) is 0 Å². The predicted octanol–water partition coefficient (Wildman–Crippen LogP) is 19.1. The zero-order valence-corrected chi connectivity index (χ0v) is 41.3. The molecule has 0 heterocycles. The molecule has 0 aliphatic heterocycles. The third-order valence-corrected chi connectivity index (χ3v) is 11.5. The van der Waals surface area contributed by atoms with Gasteiger partial charge in [-0.2, -0.15) is 0 Å². The minimum atomic E-state index is 0.973. The first-order valence-corrected chi connectivity index (χ1v) is 25.0. The van der Waals surface area contributed by atoms with E-state index in [0.717, 1.165) is 30.9 Å². The summed E-state index contributed by atoms with van der Waals surface area (Å²) in [5.41, 5.74) is 14.8. The summed E-state index contributed by atoms with van der Waals surface area (Å²) in [5.74, 6) is 0. The van der Waals surface area contributed by atoms with E-state index < -0.39 is 0 Å². The van der Waals surface area contributed by atoms with E-state index in [4.69, 9.17) is 0 Å². The number of anilines is 6. The van der Waals surface area contributed by atoms with Crippen molar-refractivity contribution in [1.29, 1.82) is 0 Å². The minimum absolute atomic E-state index is 0.973. The van der Waals surface area contributed by atoms with Crippen LogP contribution in [-0.2, 0) is 6.42 Å². The molecule has 0 saturated carbocycles. The van der Waals surface area contributed by atoms with E-state index in [1.54, 1.807) is 0 Å². The van der Waals surface area contributed by atoms with E-state index in [-0.39, 0.29) is 0 Å². The second-order valence-corrected chi connectivity index (χ2v) is 16.6. The van der Waals surface area contributed by atoms with Crippen molar-refractivity contribution < 1.29 is 0 Å². The van der Waals surface area contributed by atoms with Crippen molar-refractivity contribution in [3.63, 3.8) is 0 Å². The van der Waals surface area contributed by atoms with Crippen LogP contribution in [-0.4, -0.2) is 13.1 Å². The molecule has 3 nitrogen and oxygen atoms in total. The fourth-order valence-electron chi connectivity index (χ4n) is 7.76. The van der Waals surface area contributed by atoms with Crippen LogP contribution in [0.2, 0.25) is 0 Å². The molecule has 8 aromatic carbocycles. The van der Waals surface area contributed by atoms with Gasteiger partial charge >= 0.3 is 0 Å². The van der Waals surface area contributed by atoms with Crippen LogP contribution >= 0.6 is 0 Å². The first kappa shape index (κ1) is 51.1. The highest BCUT2D eigenvalue weighted by Crippen LogP contribution is 2.32. The Morgan fingerprint density at radius 2 is 0.597 bits per heavy atom. The summed E-state index contributed by atoms with van der Waals surface area (Å²) in [6, 6.07) is 77.7. The van der Waals surface area contributed by atoms with Crippen LogP contribution in [0.5, 0.6) is 0 Å². The zero-order chi connectivity index (χ0) is 47.3. The van der Waals surface area contributed by atoms with Gasteiger partial charge in [-0.05, 0) is 125 Å². The molecule has 0 amide bonds. The Bertz CT molecular complexity index is 2270. The number of nitrogens with one attached hydrogen (secondary N) is 1. The van der Waals surface area contributed by atoms with Gasteiger partial charge in [0.1, 0.15) is 0 Å². The number of nitrogens with zero attached hydrogens (tertiary/aromatic N) is 2. The topological polar surface area (TPSA) is 18.5 Å². The van der Waals surface area contributed by atoms with Crippen molar-refractivity contribution in [3.05, 3.63) is 230 Å². The zero-order valence-electron chi connectivity index (χ0n) is 41.3. The summed E-state index contributed by atoms with van der Waals surface area (Å²) < 4.78 is 0. The van der Waals surface area contributed by atoms with Crippen LogP contribution in [0.4, 0.5) is 34.1 Å². The van der Waals surface area contributed by atoms with E-state index >= 15 is 0 Å². The van der Waals surface area contributed by atoms with Crippen LogP contribution in [0.3, 0.4) is 0 Å². The van der Waals surface area contributed by atoms with Gasteiger partial charge in [0.05, 0.1) is 0 Å². The van der Waals surface area contributed by atoms with E-state index in [0.29, 0.717) is 0 Å². The molecule has 8 rings (SSSR count). The summed E-state index contributed by atoms with van der Waals surface area (Å²) in [6.45, 7) is 15.0. The highest BCUT2D eigenvalue weighted by atomic mass is 15.1. The highest BCUT2D eigenvalue weighted by molar-refractivity contribution is 5.73. The van der Waals surface area contributed by atoms with Crippen molar-refractivity contribution in [2.75, 3.05) is 28.2 Å². The average molecular weight is 886 g/mol. The Labute approximate surface area is 405 Å². The van der Waals surface area contributed by atoms with Gasteiger partial charge in [-0.25, -0.2) is 0 Å². The number of hydrogen-bond acceptors (Lipinski definition) is 3. The third kappa shape index (κ3) is 16.8. The lowest BCUT2D eigenvalue weighted by Crippen LogP contribution is -2.18. The summed E-state index contributed by atoms with van der Waals surface area (Å²) in [4.78, 5) is 4.84. The molecule has 0 aromatic heterocycles. The van der Waals surface area contributed by atoms with E-state index in [1.165, 1.54) is 101 Å². The lowest BCUT2D eigenvalue weighted by Gasteiger charge is -2.26. The molecule has 0 aliphatic carbocycles. The van der Waals surface area contributed by atoms with Crippen LogP contribution < -0.4 is 15.1 Å².